The summed E-state index contributed by atoms with van der Waals surface area (Å²) in [6, 6.07) is -1.12. The number of nitrogens with one attached hydrogen (secondary N) is 1. The molecule has 60 valence electrons. The molecule has 0 aromatic rings. The van der Waals surface area contributed by atoms with Crippen molar-refractivity contribution in [3.63, 3.8) is 0 Å². The number of nitrogens with two attached hydrogens (primary N) is 1. The Bertz CT molecular complexity index is 234. The lowest BCUT2D eigenvalue weighted by molar-refractivity contribution is -0.129. The molecule has 3 N–H and O–H groups in total. The highest BCUT2D eigenvalue weighted by atomic mass is 16.2. The first-order valence-electron chi connectivity index (χ1n) is 3.33. The molecular formula is C6H9N3O2. The smallest absolute Gasteiger partial charge is 0.273 e. The van der Waals surface area contributed by atoms with Crippen LogP contribution in [-0.2, 0) is 9.59 Å². The molecule has 5 nitrogen and oxygen atoms in total. The van der Waals surface area contributed by atoms with E-state index in [1.54, 1.807) is 6.92 Å². The second-order valence-corrected chi connectivity index (χ2v) is 2.22. The molecule has 1 atom stereocenters. The molecule has 0 aliphatic carbocycles. The molecule has 1 unspecified atom stereocenters. The largest absolute Gasteiger partial charge is 0.312 e. The first-order chi connectivity index (χ1) is 5.15. The van der Waals surface area contributed by atoms with E-state index >= 15 is 0 Å². The number of aliphatic imine (C=N–C) groups is 1. The predicted octanol–water partition coefficient (Wildman–Crippen LogP) is -1.22. The Morgan fingerprint density at radius 2 is 2.27 bits per heavy atom. The lowest BCUT2D eigenvalue weighted by Crippen LogP contribution is -2.51. The minimum Gasteiger partial charge on any atom is -0.312 e. The minimum absolute atomic E-state index is 0.390. The zero-order valence-corrected chi connectivity index (χ0v) is 6.13. The van der Waals surface area contributed by atoms with Crippen molar-refractivity contribution in [3.8, 4) is 0 Å². The molecular weight excluding hydrogens is 146 g/mol. The lowest BCUT2D eigenvalue weighted by atomic mass is 10.2. The van der Waals surface area contributed by atoms with Crippen LogP contribution in [0.3, 0.4) is 0 Å². The van der Waals surface area contributed by atoms with Gasteiger partial charge in [-0.15, -0.1) is 0 Å². The molecule has 0 aromatic heterocycles. The van der Waals surface area contributed by atoms with E-state index in [9.17, 15) is 9.59 Å². The number of carbonyl (C=O) groups excluding carboxylic acids is 2. The van der Waals surface area contributed by atoms with Crippen LogP contribution in [-0.4, -0.2) is 23.7 Å². The van der Waals surface area contributed by atoms with Crippen molar-refractivity contribution in [2.75, 3.05) is 0 Å². The van der Waals surface area contributed by atoms with Gasteiger partial charge >= 0.3 is 0 Å². The number of rotatable bonds is 1. The molecule has 11 heavy (non-hydrogen) atoms. The van der Waals surface area contributed by atoms with E-state index in [0.717, 1.165) is 0 Å². The van der Waals surface area contributed by atoms with E-state index in [1.165, 1.54) is 0 Å². The van der Waals surface area contributed by atoms with Crippen molar-refractivity contribution in [1.29, 1.82) is 0 Å². The summed E-state index contributed by atoms with van der Waals surface area (Å²) in [4.78, 5) is 25.2. The van der Waals surface area contributed by atoms with Crippen LogP contribution >= 0.6 is 0 Å². The summed E-state index contributed by atoms with van der Waals surface area (Å²) in [6.45, 7) is 1.79. The van der Waals surface area contributed by atoms with E-state index in [2.05, 4.69) is 10.3 Å². The van der Waals surface area contributed by atoms with Crippen LogP contribution in [0.2, 0.25) is 0 Å². The van der Waals surface area contributed by atoms with Crippen LogP contribution in [0.4, 0.5) is 0 Å². The molecule has 0 fully saturated rings. The average molecular weight is 155 g/mol. The number of nitrogens with zero attached hydrogens (tertiary/aromatic N) is 1. The molecule has 5 heteroatoms. The highest BCUT2D eigenvalue weighted by molar-refractivity contribution is 6.18. The number of carbonyl (C=O) groups is 2. The Morgan fingerprint density at radius 1 is 1.64 bits per heavy atom. The molecule has 1 aliphatic rings. The first kappa shape index (κ1) is 7.87. The Labute approximate surface area is 63.7 Å². The summed E-state index contributed by atoms with van der Waals surface area (Å²) in [6.07, 6.45) is 0.532. The van der Waals surface area contributed by atoms with Crippen molar-refractivity contribution in [2.45, 2.75) is 19.4 Å². The van der Waals surface area contributed by atoms with Gasteiger partial charge < -0.3 is 11.1 Å². The average Bonchev–Trinajstić information content (AvgIpc) is 1.99. The van der Waals surface area contributed by atoms with Gasteiger partial charge in [0.25, 0.3) is 11.8 Å². The fraction of sp³-hybridized carbons (Fsp3) is 0.500. The number of hydrogen-bond acceptors (Lipinski definition) is 3. The summed E-state index contributed by atoms with van der Waals surface area (Å²) in [5.74, 6) is -0.644. The van der Waals surface area contributed by atoms with Gasteiger partial charge in [0.2, 0.25) is 0 Å². The Kier molecular flexibility index (Phi) is 2.00. The summed E-state index contributed by atoms with van der Waals surface area (Å²) in [5, 5.41) is 2.41. The zero-order chi connectivity index (χ0) is 8.43. The quantitative estimate of drug-likeness (QED) is 0.465. The van der Waals surface area contributed by atoms with Crippen molar-refractivity contribution in [1.82, 2.24) is 5.32 Å². The van der Waals surface area contributed by atoms with Crippen LogP contribution in [0.5, 0.6) is 0 Å². The molecule has 1 heterocycles. The van der Waals surface area contributed by atoms with Gasteiger partial charge in [0.05, 0.1) is 0 Å². The number of hydrogen-bond donors (Lipinski definition) is 2. The molecule has 1 rings (SSSR count). The normalized spacial score (nSPS) is 24.5. The zero-order valence-electron chi connectivity index (χ0n) is 6.13. The third-order valence-corrected chi connectivity index (χ3v) is 1.40. The van der Waals surface area contributed by atoms with Gasteiger partial charge in [-0.3, -0.25) is 9.59 Å². The molecule has 1 aliphatic heterocycles. The minimum atomic E-state index is -1.12. The van der Waals surface area contributed by atoms with Crippen molar-refractivity contribution in [2.24, 2.45) is 10.7 Å². The molecule has 2 amide bonds. The molecule has 0 aromatic carbocycles. The van der Waals surface area contributed by atoms with Crippen LogP contribution in [0, 0.1) is 0 Å². The van der Waals surface area contributed by atoms with E-state index < -0.39 is 17.9 Å². The van der Waals surface area contributed by atoms with Crippen LogP contribution in [0.25, 0.3) is 0 Å². The van der Waals surface area contributed by atoms with E-state index in [4.69, 9.17) is 5.73 Å². The van der Waals surface area contributed by atoms with Gasteiger partial charge in [-0.1, -0.05) is 6.92 Å². The number of amidine groups is 1. The van der Waals surface area contributed by atoms with E-state index in [0.29, 0.717) is 12.3 Å². The standard InChI is InChI=1S/C6H9N3O2/c1-2-3-8-5(10)4(7)6(11)9-3/h4H,2,7H2,1H3,(H,8,9,10,11). The maximum absolute atomic E-state index is 10.8. The third-order valence-electron chi connectivity index (χ3n) is 1.40. The maximum atomic E-state index is 10.8. The highest BCUT2D eigenvalue weighted by Gasteiger charge is 2.26. The van der Waals surface area contributed by atoms with E-state index in [-0.39, 0.29) is 0 Å². The fourth-order valence-corrected chi connectivity index (χ4v) is 0.730. The molecule has 0 saturated carbocycles. The molecule has 0 radical (unpaired) electrons. The second-order valence-electron chi connectivity index (χ2n) is 2.22. The van der Waals surface area contributed by atoms with Crippen LogP contribution in [0.15, 0.2) is 4.99 Å². The van der Waals surface area contributed by atoms with Gasteiger partial charge in [-0.05, 0) is 0 Å². The van der Waals surface area contributed by atoms with Crippen LogP contribution in [0.1, 0.15) is 13.3 Å². The first-order valence-corrected chi connectivity index (χ1v) is 3.33. The van der Waals surface area contributed by atoms with Crippen molar-refractivity contribution in [3.05, 3.63) is 0 Å². The summed E-state index contributed by atoms with van der Waals surface area (Å²) >= 11 is 0. The molecule has 0 bridgehead atoms. The summed E-state index contributed by atoms with van der Waals surface area (Å²) in [7, 11) is 0. The van der Waals surface area contributed by atoms with Crippen LogP contribution < -0.4 is 11.1 Å². The van der Waals surface area contributed by atoms with Gasteiger partial charge in [0, 0.05) is 6.42 Å². The van der Waals surface area contributed by atoms with Gasteiger partial charge in [0.15, 0.2) is 6.04 Å². The van der Waals surface area contributed by atoms with Gasteiger partial charge in [-0.2, -0.15) is 4.99 Å². The Hall–Kier alpha value is -1.23. The Balaban J connectivity index is 2.85. The van der Waals surface area contributed by atoms with Gasteiger partial charge in [0.1, 0.15) is 5.84 Å². The molecule has 0 spiro atoms. The summed E-state index contributed by atoms with van der Waals surface area (Å²) in [5.41, 5.74) is 5.17. The van der Waals surface area contributed by atoms with Crippen molar-refractivity contribution >= 4 is 17.6 Å². The second kappa shape index (κ2) is 2.79. The lowest BCUT2D eigenvalue weighted by Gasteiger charge is -2.15. The highest BCUT2D eigenvalue weighted by Crippen LogP contribution is 1.95. The monoisotopic (exact) mass is 155 g/mol. The fourth-order valence-electron chi connectivity index (χ4n) is 0.730. The maximum Gasteiger partial charge on any atom is 0.273 e. The summed E-state index contributed by atoms with van der Waals surface area (Å²) < 4.78 is 0. The predicted molar refractivity (Wildman–Crippen MR) is 38.9 cm³/mol. The topological polar surface area (TPSA) is 84.6 Å². The van der Waals surface area contributed by atoms with Gasteiger partial charge in [-0.25, -0.2) is 0 Å². The molecule has 0 saturated heterocycles. The number of amides is 2. The SMILES string of the molecule is CCC1=NC(=O)C(N)C(=O)N1. The Morgan fingerprint density at radius 3 is 2.73 bits per heavy atom. The third kappa shape index (κ3) is 1.43. The van der Waals surface area contributed by atoms with Crippen molar-refractivity contribution < 1.29 is 9.59 Å². The van der Waals surface area contributed by atoms with E-state index in [1.807, 2.05) is 0 Å².